The fourth-order valence-electron chi connectivity index (χ4n) is 1.44. The summed E-state index contributed by atoms with van der Waals surface area (Å²) < 4.78 is 5.03. The van der Waals surface area contributed by atoms with E-state index in [4.69, 9.17) is 10.5 Å². The van der Waals surface area contributed by atoms with Gasteiger partial charge in [-0.3, -0.25) is 0 Å². The van der Waals surface area contributed by atoms with Gasteiger partial charge in [-0.05, 0) is 18.2 Å². The Morgan fingerprint density at radius 2 is 2.06 bits per heavy atom. The Kier molecular flexibility index (Phi) is 2.64. The van der Waals surface area contributed by atoms with E-state index in [1.807, 2.05) is 6.07 Å². The van der Waals surface area contributed by atoms with E-state index in [1.165, 1.54) is 7.11 Å². The summed E-state index contributed by atoms with van der Waals surface area (Å²) in [6.07, 6.45) is 0. The summed E-state index contributed by atoms with van der Waals surface area (Å²) in [6, 6.07) is 10.2. The zero-order valence-corrected chi connectivity index (χ0v) is 8.84. The Bertz CT molecular complexity index is 512. The van der Waals surface area contributed by atoms with Crippen molar-refractivity contribution < 1.29 is 9.84 Å². The SMILES string of the molecule is COc1cc(N)cc(-c2cccc(O)c2)n1. The van der Waals surface area contributed by atoms with Gasteiger partial charge in [0.2, 0.25) is 5.88 Å². The molecule has 0 saturated carbocycles. The maximum Gasteiger partial charge on any atom is 0.215 e. The molecule has 2 rings (SSSR count). The smallest absolute Gasteiger partial charge is 0.215 e. The van der Waals surface area contributed by atoms with E-state index in [0.29, 0.717) is 17.3 Å². The van der Waals surface area contributed by atoms with Gasteiger partial charge in [0.15, 0.2) is 0 Å². The normalized spacial score (nSPS) is 10.1. The molecule has 0 aliphatic rings. The molecule has 1 aromatic heterocycles. The van der Waals surface area contributed by atoms with Crippen LogP contribution in [-0.4, -0.2) is 17.2 Å². The molecule has 4 heteroatoms. The number of aromatic nitrogens is 1. The van der Waals surface area contributed by atoms with Gasteiger partial charge in [-0.1, -0.05) is 12.1 Å². The molecular weight excluding hydrogens is 204 g/mol. The zero-order valence-electron chi connectivity index (χ0n) is 8.84. The van der Waals surface area contributed by atoms with Crippen molar-refractivity contribution >= 4 is 5.69 Å². The van der Waals surface area contributed by atoms with Gasteiger partial charge in [-0.15, -0.1) is 0 Å². The molecule has 2 aromatic rings. The highest BCUT2D eigenvalue weighted by Gasteiger charge is 2.04. The molecule has 0 aliphatic carbocycles. The van der Waals surface area contributed by atoms with Crippen LogP contribution >= 0.6 is 0 Å². The standard InChI is InChI=1S/C12H12N2O2/c1-16-12-7-9(13)6-11(14-12)8-3-2-4-10(15)5-8/h2-7,15H,1H3,(H2,13,14). The largest absolute Gasteiger partial charge is 0.508 e. The summed E-state index contributed by atoms with van der Waals surface area (Å²) in [5.41, 5.74) is 7.77. The fraction of sp³-hybridized carbons (Fsp3) is 0.0833. The highest BCUT2D eigenvalue weighted by atomic mass is 16.5. The predicted molar refractivity (Wildman–Crippen MR) is 62.3 cm³/mol. The molecule has 0 radical (unpaired) electrons. The van der Waals surface area contributed by atoms with E-state index in [2.05, 4.69) is 4.98 Å². The van der Waals surface area contributed by atoms with Gasteiger partial charge < -0.3 is 15.6 Å². The zero-order chi connectivity index (χ0) is 11.5. The van der Waals surface area contributed by atoms with Crippen LogP contribution in [0, 0.1) is 0 Å². The Balaban J connectivity index is 2.51. The van der Waals surface area contributed by atoms with Crippen molar-refractivity contribution in [3.05, 3.63) is 36.4 Å². The number of ether oxygens (including phenoxy) is 1. The second-order valence-corrected chi connectivity index (χ2v) is 3.38. The maximum absolute atomic E-state index is 9.38. The molecule has 1 aromatic carbocycles. The molecule has 0 unspecified atom stereocenters. The minimum absolute atomic E-state index is 0.195. The first-order valence-corrected chi connectivity index (χ1v) is 4.80. The van der Waals surface area contributed by atoms with Gasteiger partial charge in [-0.25, -0.2) is 4.98 Å². The third kappa shape index (κ3) is 2.06. The molecular formula is C12H12N2O2. The summed E-state index contributed by atoms with van der Waals surface area (Å²) in [4.78, 5) is 4.25. The quantitative estimate of drug-likeness (QED) is 0.806. The first kappa shape index (κ1) is 10.3. The molecule has 0 aliphatic heterocycles. The Hall–Kier alpha value is -2.23. The highest BCUT2D eigenvalue weighted by molar-refractivity contribution is 5.65. The van der Waals surface area contributed by atoms with Crippen LogP contribution in [0.3, 0.4) is 0 Å². The maximum atomic E-state index is 9.38. The van der Waals surface area contributed by atoms with Crippen LogP contribution in [0.2, 0.25) is 0 Å². The molecule has 0 fully saturated rings. The van der Waals surface area contributed by atoms with Crippen molar-refractivity contribution in [2.45, 2.75) is 0 Å². The first-order chi connectivity index (χ1) is 7.69. The summed E-state index contributed by atoms with van der Waals surface area (Å²) in [7, 11) is 1.54. The van der Waals surface area contributed by atoms with E-state index in [1.54, 1.807) is 30.3 Å². The van der Waals surface area contributed by atoms with Crippen molar-refractivity contribution in [1.82, 2.24) is 4.98 Å². The van der Waals surface area contributed by atoms with Gasteiger partial charge in [0, 0.05) is 17.3 Å². The number of hydrogen-bond donors (Lipinski definition) is 2. The van der Waals surface area contributed by atoms with Crippen LogP contribution in [0.15, 0.2) is 36.4 Å². The minimum atomic E-state index is 0.195. The topological polar surface area (TPSA) is 68.4 Å². The van der Waals surface area contributed by atoms with Crippen molar-refractivity contribution in [2.24, 2.45) is 0 Å². The lowest BCUT2D eigenvalue weighted by molar-refractivity contribution is 0.398. The van der Waals surface area contributed by atoms with Crippen molar-refractivity contribution in [3.8, 4) is 22.9 Å². The molecule has 0 saturated heterocycles. The number of phenolic OH excluding ortho intramolecular Hbond substituents is 1. The number of phenols is 1. The minimum Gasteiger partial charge on any atom is -0.508 e. The number of nitrogens with two attached hydrogens (primary N) is 1. The Labute approximate surface area is 93.3 Å². The summed E-state index contributed by atoms with van der Waals surface area (Å²) in [5, 5.41) is 9.38. The molecule has 0 spiro atoms. The Morgan fingerprint density at radius 3 is 2.75 bits per heavy atom. The summed E-state index contributed by atoms with van der Waals surface area (Å²) >= 11 is 0. The molecule has 82 valence electrons. The molecule has 4 nitrogen and oxygen atoms in total. The number of benzene rings is 1. The van der Waals surface area contributed by atoms with Gasteiger partial charge in [0.05, 0.1) is 12.8 Å². The summed E-state index contributed by atoms with van der Waals surface area (Å²) in [6.45, 7) is 0. The van der Waals surface area contributed by atoms with Crippen molar-refractivity contribution in [3.63, 3.8) is 0 Å². The number of hydrogen-bond acceptors (Lipinski definition) is 4. The number of aromatic hydroxyl groups is 1. The van der Waals surface area contributed by atoms with Crippen LogP contribution in [0.4, 0.5) is 5.69 Å². The summed E-state index contributed by atoms with van der Waals surface area (Å²) in [5.74, 6) is 0.652. The number of rotatable bonds is 2. The molecule has 1 heterocycles. The van der Waals surface area contributed by atoms with Crippen molar-refractivity contribution in [1.29, 1.82) is 0 Å². The van der Waals surface area contributed by atoms with Crippen LogP contribution in [0.25, 0.3) is 11.3 Å². The molecule has 3 N–H and O–H groups in total. The lowest BCUT2D eigenvalue weighted by atomic mass is 10.1. The van der Waals surface area contributed by atoms with E-state index in [0.717, 1.165) is 5.56 Å². The highest BCUT2D eigenvalue weighted by Crippen LogP contribution is 2.25. The van der Waals surface area contributed by atoms with E-state index in [9.17, 15) is 5.11 Å². The van der Waals surface area contributed by atoms with Crippen LogP contribution in [0.5, 0.6) is 11.6 Å². The second-order valence-electron chi connectivity index (χ2n) is 3.38. The van der Waals surface area contributed by atoms with Gasteiger partial charge in [0.25, 0.3) is 0 Å². The van der Waals surface area contributed by atoms with E-state index < -0.39 is 0 Å². The monoisotopic (exact) mass is 216 g/mol. The predicted octanol–water partition coefficient (Wildman–Crippen LogP) is 2.04. The number of methoxy groups -OCH3 is 1. The Morgan fingerprint density at radius 1 is 1.25 bits per heavy atom. The first-order valence-electron chi connectivity index (χ1n) is 4.80. The number of nitrogen functional groups attached to an aromatic ring is 1. The number of pyridine rings is 1. The number of anilines is 1. The fourth-order valence-corrected chi connectivity index (χ4v) is 1.44. The van der Waals surface area contributed by atoms with Gasteiger partial charge in [-0.2, -0.15) is 0 Å². The van der Waals surface area contributed by atoms with E-state index >= 15 is 0 Å². The number of nitrogens with zero attached hydrogens (tertiary/aromatic N) is 1. The molecule has 0 atom stereocenters. The van der Waals surface area contributed by atoms with Crippen molar-refractivity contribution in [2.75, 3.05) is 12.8 Å². The average molecular weight is 216 g/mol. The van der Waals surface area contributed by atoms with Crippen LogP contribution in [-0.2, 0) is 0 Å². The van der Waals surface area contributed by atoms with Gasteiger partial charge in [0.1, 0.15) is 5.75 Å². The van der Waals surface area contributed by atoms with Crippen LogP contribution < -0.4 is 10.5 Å². The molecule has 16 heavy (non-hydrogen) atoms. The van der Waals surface area contributed by atoms with Crippen LogP contribution in [0.1, 0.15) is 0 Å². The van der Waals surface area contributed by atoms with E-state index in [-0.39, 0.29) is 5.75 Å². The third-order valence-corrected chi connectivity index (χ3v) is 2.18. The third-order valence-electron chi connectivity index (χ3n) is 2.18. The van der Waals surface area contributed by atoms with Gasteiger partial charge >= 0.3 is 0 Å². The molecule has 0 amide bonds. The lowest BCUT2D eigenvalue weighted by Crippen LogP contribution is -1.94. The molecule has 0 bridgehead atoms. The second kappa shape index (κ2) is 4.10. The average Bonchev–Trinajstić information content (AvgIpc) is 2.28. The lowest BCUT2D eigenvalue weighted by Gasteiger charge is -2.05.